The van der Waals surface area contributed by atoms with Crippen LogP contribution < -0.4 is 60.1 Å². The van der Waals surface area contributed by atoms with Gasteiger partial charge in [0.05, 0.1) is 82.3 Å². The molecule has 15 aromatic rings. The van der Waals surface area contributed by atoms with Gasteiger partial charge in [0.1, 0.15) is 21.1 Å². The van der Waals surface area contributed by atoms with Crippen molar-refractivity contribution < 1.29 is 27.6 Å². The van der Waals surface area contributed by atoms with E-state index in [-0.39, 0.29) is 10.8 Å². The molecular weight excluding hydrogens is 1610 g/mol. The van der Waals surface area contributed by atoms with Crippen molar-refractivity contribution >= 4 is 105 Å². The van der Waals surface area contributed by atoms with Gasteiger partial charge in [0.25, 0.3) is 0 Å². The van der Waals surface area contributed by atoms with Gasteiger partial charge in [0.15, 0.2) is 30.1 Å². The number of fused-ring (bicyclic) bond motifs is 10. The molecule has 117 heavy (non-hydrogen) atoms. The molecule has 10 heterocycles. The topological polar surface area (TPSA) is 103 Å². The second-order valence-corrected chi connectivity index (χ2v) is 37.9. The van der Waals surface area contributed by atoms with Crippen molar-refractivity contribution in [2.45, 2.75) is 92.7 Å². The van der Waals surface area contributed by atoms with Gasteiger partial charge in [0, 0.05) is 42.0 Å². The summed E-state index contributed by atoms with van der Waals surface area (Å²) in [5.41, 5.74) is 31.2. The Morgan fingerprint density at radius 2 is 0.709 bits per heavy atom. The molecule has 14 nitrogen and oxygen atoms in total. The molecule has 5 aromatic heterocycles. The third kappa shape index (κ3) is 14.9. The number of ether oxygens (including phenoxy) is 1. The van der Waals surface area contributed by atoms with Crippen molar-refractivity contribution in [3.05, 3.63) is 325 Å². The molecule has 582 valence electrons. The molecule has 0 aliphatic carbocycles. The number of aryl methyl sites for hydroxylation is 10. The third-order valence-electron chi connectivity index (χ3n) is 23.1. The Hall–Kier alpha value is -11.5. The Morgan fingerprint density at radius 1 is 0.316 bits per heavy atom. The average Bonchev–Trinajstić information content (AvgIpc) is 0.729. The number of benzene rings is 10. The van der Waals surface area contributed by atoms with Crippen LogP contribution in [0.5, 0.6) is 11.5 Å². The minimum atomic E-state index is -0.0400. The fourth-order valence-electron chi connectivity index (χ4n) is 16.6. The quantitative estimate of drug-likeness (QED) is 0.122. The zero-order valence-electron chi connectivity index (χ0n) is 69.3. The van der Waals surface area contributed by atoms with Crippen LogP contribution in [0.25, 0.3) is 56.3 Å². The van der Waals surface area contributed by atoms with Gasteiger partial charge in [-0.2, -0.15) is 13.7 Å². The molecule has 0 unspecified atom stereocenters. The van der Waals surface area contributed by atoms with Gasteiger partial charge in [-0.1, -0.05) is 92.3 Å². The van der Waals surface area contributed by atoms with E-state index in [9.17, 15) is 0 Å². The Morgan fingerprint density at radius 3 is 1.29 bits per heavy atom. The van der Waals surface area contributed by atoms with Gasteiger partial charge < -0.3 is 19.4 Å². The van der Waals surface area contributed by atoms with Crippen LogP contribution in [0.15, 0.2) is 295 Å². The fourth-order valence-corrected chi connectivity index (χ4v) is 25.2. The van der Waals surface area contributed by atoms with Crippen LogP contribution in [0.3, 0.4) is 0 Å². The van der Waals surface area contributed by atoms with E-state index in [0.29, 0.717) is 29.9 Å². The minimum absolute atomic E-state index is 0.0369. The number of para-hydroxylation sites is 4. The first-order valence-corrected chi connectivity index (χ1v) is 44.3. The van der Waals surface area contributed by atoms with Gasteiger partial charge in [-0.25, -0.2) is 0 Å². The Kier molecular flexibility index (Phi) is 22.3. The van der Waals surface area contributed by atoms with Crippen LogP contribution in [-0.4, -0.2) is 76.0 Å². The predicted octanol–water partition coefficient (Wildman–Crippen LogP) is 16.3. The van der Waals surface area contributed by atoms with Gasteiger partial charge in [-0.3, -0.25) is 15.0 Å². The third-order valence-corrected chi connectivity index (χ3v) is 31.0. The van der Waals surface area contributed by atoms with E-state index in [1.165, 1.54) is 144 Å². The van der Waals surface area contributed by atoms with Crippen molar-refractivity contribution in [2.24, 2.45) is 35.2 Å². The van der Waals surface area contributed by atoms with Crippen LogP contribution in [0.2, 0.25) is 0 Å². The van der Waals surface area contributed by atoms with Crippen LogP contribution in [0.1, 0.15) is 77.8 Å². The first-order valence-electron chi connectivity index (χ1n) is 39.3. The van der Waals surface area contributed by atoms with E-state index in [1.54, 1.807) is 6.20 Å². The number of hydrogen-bond donors (Lipinski definition) is 0. The van der Waals surface area contributed by atoms with Crippen molar-refractivity contribution in [3.8, 4) is 67.8 Å². The van der Waals surface area contributed by atoms with Gasteiger partial charge in [-0.05, 0) is 91.1 Å². The van der Waals surface area contributed by atoms with Crippen molar-refractivity contribution in [1.29, 1.82) is 0 Å². The second-order valence-electron chi connectivity index (χ2n) is 31.3. The Labute approximate surface area is 709 Å². The summed E-state index contributed by atoms with van der Waals surface area (Å²) in [6.07, 6.45) is 28.9. The molecule has 0 N–H and O–H groups in total. The summed E-state index contributed by atoms with van der Waals surface area (Å²) in [7, 11) is 16.8. The molecule has 20 rings (SSSR count). The van der Waals surface area contributed by atoms with E-state index in [0.717, 1.165) is 45.5 Å². The molecule has 0 spiro atoms. The van der Waals surface area contributed by atoms with Gasteiger partial charge >= 0.3 is 290 Å². The predicted molar refractivity (Wildman–Crippen MR) is 477 cm³/mol. The number of aromatic nitrogens is 10. The first kappa shape index (κ1) is 79.4. The zero-order chi connectivity index (χ0) is 81.7. The molecule has 0 saturated carbocycles. The molecule has 0 amide bonds. The van der Waals surface area contributed by atoms with E-state index >= 15 is 0 Å². The molecule has 5 aliphatic heterocycles. The standard InChI is InChI=1S/C22H24N3.C21H21N2Se.C19H18N3O.C19H18N3S.C18H15N2SSe/c1-15-10-11-17-21(20(15)19-14-23-12-13-24(19)4)25(5)18-9-7-6-8-16(18)22(17,2)3;1-14-9-10-16-20(19(14)17-13-22-11-12-23(17)4)24-18-8-6-5-7-15(18)21(16,2)3;1-13-8-9-15-19(18(13)16-12-20-10-11-21(16)2)23-17-7-5-4-6-14(17)22(15)3;1-13-8-9-17-19(18(13)15-12-20-10-11-21(15)2)22(3)14-6-4-5-7-16(14)23-17;1-12-7-8-15-18(17(12)13-11-19-9-10-20(13)2)22-16-6-4-3-5-14(16)21-15/h6-14H,1-5H3;5-13H,1-4H3;2*4-12H,1-3H3;3-11H,1-2H3/q5*+1. The summed E-state index contributed by atoms with van der Waals surface area (Å²) >= 11 is 4.38. The molecular formula is C99H96N13OS2Se2+5. The monoisotopic (exact) mass is 1710 g/mol. The molecule has 0 saturated heterocycles. The summed E-state index contributed by atoms with van der Waals surface area (Å²) in [5, 5.41) is 0. The van der Waals surface area contributed by atoms with E-state index in [2.05, 4.69) is 338 Å². The van der Waals surface area contributed by atoms with Gasteiger partial charge in [-0.15, -0.1) is 0 Å². The van der Waals surface area contributed by atoms with Crippen LogP contribution in [-0.2, 0) is 46.1 Å². The molecule has 5 aliphatic rings. The van der Waals surface area contributed by atoms with Crippen molar-refractivity contribution in [2.75, 3.05) is 35.8 Å². The van der Waals surface area contributed by atoms with Crippen LogP contribution in [0.4, 0.5) is 34.1 Å². The summed E-state index contributed by atoms with van der Waals surface area (Å²) < 4.78 is 23.0. The van der Waals surface area contributed by atoms with Crippen LogP contribution in [0, 0.1) is 34.6 Å². The SMILES string of the molecule is Cc1ccc2c(c1-c1cncc[n+]1C)N(C)c1ccccc1C2(C)C.Cc1ccc2c(c1-c1cncc[n+]1C)N(C)c1ccccc1S2.Cc1ccc2c(c1-c1cncc[n+]1C)Oc1ccccc1N2C.Cc1ccc2c(c1-c1cncc[n+]1C)[Se]c1ccccc1C2(C)C.Cc1ccc2c(c1-c1cncc[n+]1C)[Se]c1ccccc1S2. The number of hydrogen-bond acceptors (Lipinski definition) is 11. The summed E-state index contributed by atoms with van der Waals surface area (Å²) in [5.74, 6) is 1.76. The average molecular weight is 1710 g/mol. The zero-order valence-corrected chi connectivity index (χ0v) is 74.4. The Balaban J connectivity index is 0.000000110. The second kappa shape index (κ2) is 32.9. The molecule has 0 fully saturated rings. The maximum absolute atomic E-state index is 6.29. The normalized spacial score (nSPS) is 13.5. The number of rotatable bonds is 5. The first-order chi connectivity index (χ1) is 56.5. The molecule has 18 heteroatoms. The van der Waals surface area contributed by atoms with E-state index in [4.69, 9.17) is 4.74 Å². The number of nitrogens with zero attached hydrogens (tertiary/aromatic N) is 13. The molecule has 0 bridgehead atoms. The Bertz CT molecular complexity index is 6390. The van der Waals surface area contributed by atoms with Crippen molar-refractivity contribution in [1.82, 2.24) is 24.9 Å². The molecule has 0 atom stereocenters. The van der Waals surface area contributed by atoms with E-state index in [1.807, 2.05) is 136 Å². The number of anilines is 6. The van der Waals surface area contributed by atoms with Gasteiger partial charge in [0.2, 0.25) is 17.1 Å². The summed E-state index contributed by atoms with van der Waals surface area (Å²) in [6, 6.07) is 65.4. The maximum atomic E-state index is 6.29. The fraction of sp³-hybridized carbons (Fsp3) is 0.192. The summed E-state index contributed by atoms with van der Waals surface area (Å²) in [6.45, 7) is 20.2. The molecule has 10 aromatic carbocycles. The summed E-state index contributed by atoms with van der Waals surface area (Å²) in [4.78, 5) is 33.9. The van der Waals surface area contributed by atoms with Crippen molar-refractivity contribution in [3.63, 3.8) is 0 Å². The van der Waals surface area contributed by atoms with E-state index < -0.39 is 0 Å². The van der Waals surface area contributed by atoms with Crippen LogP contribution >= 0.6 is 23.5 Å². The molecule has 0 radical (unpaired) electrons.